The third kappa shape index (κ3) is 2.81. The van der Waals surface area contributed by atoms with Crippen molar-refractivity contribution >= 4 is 29.0 Å². The van der Waals surface area contributed by atoms with Crippen LogP contribution in [0.5, 0.6) is 0 Å². The molecule has 0 saturated carbocycles. The van der Waals surface area contributed by atoms with Crippen LogP contribution < -0.4 is 4.90 Å². The smallest absolute Gasteiger partial charge is 0.281 e. The van der Waals surface area contributed by atoms with Crippen LogP contribution in [0.2, 0.25) is 0 Å². The highest BCUT2D eigenvalue weighted by Crippen LogP contribution is 2.39. The molecule has 2 aliphatic heterocycles. The standard InChI is InChI=1S/C20H15FN2O4/c1-12(24)13-4-8-16(9-5-13)23-18(25)11-20(19(23)26)10-17(22-27-20)14-2-6-15(21)7-3-14/h2-9H,10-11H2,1H3. The van der Waals surface area contributed by atoms with E-state index in [9.17, 15) is 18.8 Å². The van der Waals surface area contributed by atoms with Gasteiger partial charge in [-0.1, -0.05) is 17.3 Å². The largest absolute Gasteiger partial charge is 0.378 e. The van der Waals surface area contributed by atoms with Gasteiger partial charge in [0.1, 0.15) is 5.82 Å². The number of anilines is 1. The van der Waals surface area contributed by atoms with Crippen LogP contribution in [0.3, 0.4) is 0 Å². The fourth-order valence-electron chi connectivity index (χ4n) is 3.31. The second-order valence-corrected chi connectivity index (χ2v) is 6.62. The van der Waals surface area contributed by atoms with Gasteiger partial charge in [-0.3, -0.25) is 14.4 Å². The third-order valence-electron chi connectivity index (χ3n) is 4.77. The maximum Gasteiger partial charge on any atom is 0.281 e. The summed E-state index contributed by atoms with van der Waals surface area (Å²) in [5.74, 6) is -1.37. The van der Waals surface area contributed by atoms with E-state index in [1.807, 2.05) is 0 Å². The quantitative estimate of drug-likeness (QED) is 0.618. The molecule has 4 rings (SSSR count). The summed E-state index contributed by atoms with van der Waals surface area (Å²) in [5, 5.41) is 3.97. The number of hydrogen-bond donors (Lipinski definition) is 0. The molecule has 0 N–H and O–H groups in total. The Labute approximate surface area is 154 Å². The van der Waals surface area contributed by atoms with Gasteiger partial charge in [-0.15, -0.1) is 0 Å². The molecule has 0 aromatic heterocycles. The van der Waals surface area contributed by atoms with E-state index >= 15 is 0 Å². The zero-order valence-electron chi connectivity index (χ0n) is 14.4. The summed E-state index contributed by atoms with van der Waals surface area (Å²) < 4.78 is 13.1. The number of ketones is 1. The summed E-state index contributed by atoms with van der Waals surface area (Å²) in [7, 11) is 0. The van der Waals surface area contributed by atoms with Crippen molar-refractivity contribution in [1.82, 2.24) is 0 Å². The molecular weight excluding hydrogens is 351 g/mol. The number of carbonyl (C=O) groups excluding carboxylic acids is 3. The van der Waals surface area contributed by atoms with Crippen molar-refractivity contribution in [3.8, 4) is 0 Å². The van der Waals surface area contributed by atoms with Crippen molar-refractivity contribution in [2.75, 3.05) is 4.90 Å². The number of imide groups is 1. The first-order chi connectivity index (χ1) is 12.9. The van der Waals surface area contributed by atoms with Crippen LogP contribution in [0.1, 0.15) is 35.7 Å². The summed E-state index contributed by atoms with van der Waals surface area (Å²) in [4.78, 5) is 43.4. The van der Waals surface area contributed by atoms with E-state index in [-0.39, 0.29) is 24.4 Å². The van der Waals surface area contributed by atoms with E-state index < -0.39 is 17.4 Å². The Morgan fingerprint density at radius 2 is 1.74 bits per heavy atom. The van der Waals surface area contributed by atoms with Gasteiger partial charge >= 0.3 is 0 Å². The molecule has 27 heavy (non-hydrogen) atoms. The van der Waals surface area contributed by atoms with Crippen molar-refractivity contribution in [3.05, 3.63) is 65.5 Å². The number of rotatable bonds is 3. The average molecular weight is 366 g/mol. The van der Waals surface area contributed by atoms with Crippen LogP contribution in [-0.4, -0.2) is 28.9 Å². The second-order valence-electron chi connectivity index (χ2n) is 6.62. The summed E-state index contributed by atoms with van der Waals surface area (Å²) in [5.41, 5.74) is 0.625. The summed E-state index contributed by atoms with van der Waals surface area (Å²) in [6.07, 6.45) is -0.000275. The number of halogens is 1. The molecule has 2 aliphatic rings. The van der Waals surface area contributed by atoms with Crippen LogP contribution >= 0.6 is 0 Å². The van der Waals surface area contributed by atoms with Gasteiger partial charge < -0.3 is 4.84 Å². The first-order valence-corrected chi connectivity index (χ1v) is 8.39. The summed E-state index contributed by atoms with van der Waals surface area (Å²) in [6.45, 7) is 1.44. The average Bonchev–Trinajstić information content (AvgIpc) is 3.17. The van der Waals surface area contributed by atoms with Gasteiger partial charge in [0.05, 0.1) is 17.8 Å². The van der Waals surface area contributed by atoms with Gasteiger partial charge in [0.2, 0.25) is 11.5 Å². The molecule has 6 nitrogen and oxygen atoms in total. The molecule has 0 bridgehead atoms. The van der Waals surface area contributed by atoms with E-state index in [1.54, 1.807) is 36.4 Å². The fraction of sp³-hybridized carbons (Fsp3) is 0.200. The Hall–Kier alpha value is -3.35. The monoisotopic (exact) mass is 366 g/mol. The number of Topliss-reactive ketones (excluding diaryl/α,β-unsaturated/α-hetero) is 1. The molecule has 136 valence electrons. The van der Waals surface area contributed by atoms with Crippen molar-refractivity contribution in [2.45, 2.75) is 25.4 Å². The minimum absolute atomic E-state index is 0.103. The SMILES string of the molecule is CC(=O)c1ccc(N2C(=O)CC3(CC(c4ccc(F)cc4)=NO3)C2=O)cc1. The highest BCUT2D eigenvalue weighted by atomic mass is 19.1. The Kier molecular flexibility index (Phi) is 3.87. The van der Waals surface area contributed by atoms with Crippen molar-refractivity contribution in [2.24, 2.45) is 5.16 Å². The summed E-state index contributed by atoms with van der Waals surface area (Å²) >= 11 is 0. The Morgan fingerprint density at radius 3 is 2.37 bits per heavy atom. The van der Waals surface area contributed by atoms with Crippen LogP contribution in [0.15, 0.2) is 53.7 Å². The predicted molar refractivity (Wildman–Crippen MR) is 94.9 cm³/mol. The highest BCUT2D eigenvalue weighted by Gasteiger charge is 2.58. The molecule has 1 fully saturated rings. The Balaban J connectivity index is 1.58. The lowest BCUT2D eigenvalue weighted by Crippen LogP contribution is -2.40. The summed E-state index contributed by atoms with van der Waals surface area (Å²) in [6, 6.07) is 12.0. The maximum atomic E-state index is 13.1. The molecule has 7 heteroatoms. The zero-order valence-corrected chi connectivity index (χ0v) is 14.4. The third-order valence-corrected chi connectivity index (χ3v) is 4.77. The number of nitrogens with zero attached hydrogens (tertiary/aromatic N) is 2. The normalized spacial score (nSPS) is 21.6. The molecule has 1 atom stereocenters. The van der Waals surface area contributed by atoms with E-state index in [1.165, 1.54) is 19.1 Å². The van der Waals surface area contributed by atoms with Crippen molar-refractivity contribution in [3.63, 3.8) is 0 Å². The number of carbonyl (C=O) groups is 3. The molecule has 2 aromatic rings. The van der Waals surface area contributed by atoms with Gasteiger partial charge in [-0.2, -0.15) is 0 Å². The minimum Gasteiger partial charge on any atom is -0.378 e. The van der Waals surface area contributed by atoms with E-state index in [0.717, 1.165) is 4.90 Å². The predicted octanol–water partition coefficient (Wildman–Crippen LogP) is 2.86. The van der Waals surface area contributed by atoms with Crippen LogP contribution in [0, 0.1) is 5.82 Å². The molecule has 1 spiro atoms. The lowest BCUT2D eigenvalue weighted by molar-refractivity contribution is -0.136. The molecular formula is C20H15FN2O4. The molecule has 0 aliphatic carbocycles. The lowest BCUT2D eigenvalue weighted by atomic mass is 9.92. The van der Waals surface area contributed by atoms with Gasteiger partial charge in [0.25, 0.3) is 5.91 Å². The molecule has 1 unspecified atom stereocenters. The van der Waals surface area contributed by atoms with Gasteiger partial charge in [-0.05, 0) is 48.9 Å². The highest BCUT2D eigenvalue weighted by molar-refractivity contribution is 6.25. The molecule has 2 amide bonds. The molecule has 0 radical (unpaired) electrons. The number of oxime groups is 1. The first-order valence-electron chi connectivity index (χ1n) is 8.39. The lowest BCUT2D eigenvalue weighted by Gasteiger charge is -2.19. The molecule has 2 heterocycles. The Morgan fingerprint density at radius 1 is 1.07 bits per heavy atom. The number of benzene rings is 2. The van der Waals surface area contributed by atoms with Crippen molar-refractivity contribution in [1.29, 1.82) is 0 Å². The minimum atomic E-state index is -1.37. The van der Waals surface area contributed by atoms with Gasteiger partial charge in [0.15, 0.2) is 5.78 Å². The van der Waals surface area contributed by atoms with Crippen LogP contribution in [0.25, 0.3) is 0 Å². The second kappa shape index (κ2) is 6.12. The Bertz CT molecular complexity index is 982. The van der Waals surface area contributed by atoms with E-state index in [2.05, 4.69) is 5.16 Å². The van der Waals surface area contributed by atoms with E-state index in [4.69, 9.17) is 4.84 Å². The number of hydrogen-bond acceptors (Lipinski definition) is 5. The van der Waals surface area contributed by atoms with Gasteiger partial charge in [-0.25, -0.2) is 9.29 Å². The van der Waals surface area contributed by atoms with Crippen LogP contribution in [0.4, 0.5) is 10.1 Å². The topological polar surface area (TPSA) is 76.0 Å². The van der Waals surface area contributed by atoms with Gasteiger partial charge in [0, 0.05) is 12.0 Å². The molecule has 1 saturated heterocycles. The molecule has 2 aromatic carbocycles. The maximum absolute atomic E-state index is 13.1. The first kappa shape index (κ1) is 17.1. The number of amides is 2. The van der Waals surface area contributed by atoms with E-state index in [0.29, 0.717) is 22.5 Å². The zero-order chi connectivity index (χ0) is 19.2. The van der Waals surface area contributed by atoms with Crippen molar-refractivity contribution < 1.29 is 23.6 Å². The fourth-order valence-corrected chi connectivity index (χ4v) is 3.31. The van der Waals surface area contributed by atoms with Crippen LogP contribution in [-0.2, 0) is 14.4 Å².